The predicted octanol–water partition coefficient (Wildman–Crippen LogP) is 2.99. The van der Waals surface area contributed by atoms with E-state index >= 15 is 0 Å². The van der Waals surface area contributed by atoms with Gasteiger partial charge in [0.1, 0.15) is 0 Å². The summed E-state index contributed by atoms with van der Waals surface area (Å²) in [5, 5.41) is 9.21. The standard InChI is InChI=1S/C19H20N4O.HI/c20-13-17-3-1-2-4-18(17)16-7-5-15(6-8-16)14-22-19(21)23-9-11-24-12-10-23;/h1-8H,9-12,14H2,(H2,21,22);1H. The van der Waals surface area contributed by atoms with Gasteiger partial charge in [0.2, 0.25) is 0 Å². The molecule has 6 heteroatoms. The molecule has 1 heterocycles. The second-order valence-electron chi connectivity index (χ2n) is 5.63. The van der Waals surface area contributed by atoms with Crippen LogP contribution < -0.4 is 5.73 Å². The molecule has 0 atom stereocenters. The first-order valence-electron chi connectivity index (χ1n) is 7.99. The molecule has 1 saturated heterocycles. The van der Waals surface area contributed by atoms with Crippen LogP contribution in [0.5, 0.6) is 0 Å². The van der Waals surface area contributed by atoms with Gasteiger partial charge in [-0.1, -0.05) is 42.5 Å². The lowest BCUT2D eigenvalue weighted by atomic mass is 9.99. The Balaban J connectivity index is 0.00000225. The maximum absolute atomic E-state index is 9.21. The third-order valence-corrected chi connectivity index (χ3v) is 4.07. The van der Waals surface area contributed by atoms with Gasteiger partial charge in [-0.2, -0.15) is 5.26 Å². The van der Waals surface area contributed by atoms with Gasteiger partial charge in [-0.3, -0.25) is 0 Å². The van der Waals surface area contributed by atoms with Crippen molar-refractivity contribution in [2.24, 2.45) is 10.7 Å². The van der Waals surface area contributed by atoms with Crippen molar-refractivity contribution in [2.75, 3.05) is 26.3 Å². The lowest BCUT2D eigenvalue weighted by molar-refractivity contribution is 0.0674. The average molecular weight is 448 g/mol. The van der Waals surface area contributed by atoms with Crippen LogP contribution in [0, 0.1) is 11.3 Å². The molecule has 0 radical (unpaired) electrons. The molecule has 0 spiro atoms. The number of hydrogen-bond donors (Lipinski definition) is 1. The quantitative estimate of drug-likeness (QED) is 0.445. The van der Waals surface area contributed by atoms with Crippen LogP contribution in [0.2, 0.25) is 0 Å². The lowest BCUT2D eigenvalue weighted by Crippen LogP contribution is -2.44. The highest BCUT2D eigenvalue weighted by Gasteiger charge is 2.11. The molecule has 0 unspecified atom stereocenters. The van der Waals surface area contributed by atoms with E-state index in [4.69, 9.17) is 10.5 Å². The van der Waals surface area contributed by atoms with Gasteiger partial charge in [0, 0.05) is 13.1 Å². The summed E-state index contributed by atoms with van der Waals surface area (Å²) in [6.07, 6.45) is 0. The normalized spacial score (nSPS) is 14.5. The van der Waals surface area contributed by atoms with Gasteiger partial charge in [-0.05, 0) is 22.8 Å². The molecule has 5 nitrogen and oxygen atoms in total. The number of hydrogen-bond acceptors (Lipinski definition) is 3. The minimum Gasteiger partial charge on any atom is -0.378 e. The van der Waals surface area contributed by atoms with Crippen LogP contribution in [-0.2, 0) is 11.3 Å². The molecule has 2 aromatic rings. The number of nitrogens with two attached hydrogens (primary N) is 1. The SMILES string of the molecule is I.N#Cc1ccccc1-c1ccc(CN=C(N)N2CCOCC2)cc1. The van der Waals surface area contributed by atoms with Crippen molar-refractivity contribution in [3.63, 3.8) is 0 Å². The Hall–Kier alpha value is -2.11. The Morgan fingerprint density at radius 3 is 2.48 bits per heavy atom. The molecule has 25 heavy (non-hydrogen) atoms. The number of nitrogens with zero attached hydrogens (tertiary/aromatic N) is 3. The zero-order chi connectivity index (χ0) is 16.8. The van der Waals surface area contributed by atoms with Crippen LogP contribution in [0.25, 0.3) is 11.1 Å². The largest absolute Gasteiger partial charge is 0.378 e. The second kappa shape index (κ2) is 9.39. The molecule has 0 saturated carbocycles. The zero-order valence-corrected chi connectivity index (χ0v) is 16.2. The van der Waals surface area contributed by atoms with Crippen LogP contribution in [0.3, 0.4) is 0 Å². The number of benzene rings is 2. The number of rotatable bonds is 3. The molecule has 1 aliphatic heterocycles. The molecule has 0 bridgehead atoms. The molecule has 2 aromatic carbocycles. The molecule has 2 N–H and O–H groups in total. The van der Waals surface area contributed by atoms with E-state index in [-0.39, 0.29) is 24.0 Å². The van der Waals surface area contributed by atoms with Gasteiger partial charge in [0.05, 0.1) is 31.4 Å². The fourth-order valence-electron chi connectivity index (χ4n) is 2.69. The summed E-state index contributed by atoms with van der Waals surface area (Å²) in [5.41, 5.74) is 9.78. The second-order valence-corrected chi connectivity index (χ2v) is 5.63. The number of ether oxygens (including phenoxy) is 1. The Kier molecular flexibility index (Phi) is 7.22. The van der Waals surface area contributed by atoms with Gasteiger partial charge in [-0.25, -0.2) is 4.99 Å². The molecular weight excluding hydrogens is 427 g/mol. The smallest absolute Gasteiger partial charge is 0.191 e. The third kappa shape index (κ3) is 4.94. The highest BCUT2D eigenvalue weighted by atomic mass is 127. The molecule has 130 valence electrons. The molecule has 0 aromatic heterocycles. The monoisotopic (exact) mass is 448 g/mol. The van der Waals surface area contributed by atoms with Gasteiger partial charge in [0.25, 0.3) is 0 Å². The maximum atomic E-state index is 9.21. The van der Waals surface area contributed by atoms with Crippen molar-refractivity contribution in [2.45, 2.75) is 6.54 Å². The predicted molar refractivity (Wildman–Crippen MR) is 110 cm³/mol. The molecule has 1 fully saturated rings. The van der Waals surface area contributed by atoms with Crippen LogP contribution >= 0.6 is 24.0 Å². The van der Waals surface area contributed by atoms with E-state index in [1.54, 1.807) is 0 Å². The maximum Gasteiger partial charge on any atom is 0.191 e. The van der Waals surface area contributed by atoms with Crippen molar-refractivity contribution in [3.8, 4) is 17.2 Å². The van der Waals surface area contributed by atoms with Crippen molar-refractivity contribution in [3.05, 3.63) is 59.7 Å². The van der Waals surface area contributed by atoms with Crippen molar-refractivity contribution < 1.29 is 4.74 Å². The molecule has 0 aliphatic carbocycles. The molecule has 0 amide bonds. The van der Waals surface area contributed by atoms with Crippen molar-refractivity contribution >= 4 is 29.9 Å². The van der Waals surface area contributed by atoms with E-state index in [2.05, 4.69) is 11.1 Å². The first-order valence-corrected chi connectivity index (χ1v) is 7.99. The lowest BCUT2D eigenvalue weighted by Gasteiger charge is -2.27. The summed E-state index contributed by atoms with van der Waals surface area (Å²) in [7, 11) is 0. The minimum atomic E-state index is 0. The zero-order valence-electron chi connectivity index (χ0n) is 13.9. The van der Waals surface area contributed by atoms with E-state index in [0.717, 1.165) is 29.8 Å². The van der Waals surface area contributed by atoms with Gasteiger partial charge in [0.15, 0.2) is 5.96 Å². The van der Waals surface area contributed by atoms with Gasteiger partial charge < -0.3 is 15.4 Å². The van der Waals surface area contributed by atoms with Crippen molar-refractivity contribution in [1.82, 2.24) is 4.90 Å². The number of guanidine groups is 1. The Bertz CT molecular complexity index is 762. The topological polar surface area (TPSA) is 74.6 Å². The van der Waals surface area contributed by atoms with E-state index < -0.39 is 0 Å². The fraction of sp³-hybridized carbons (Fsp3) is 0.263. The number of aliphatic imine (C=N–C) groups is 1. The van der Waals surface area contributed by atoms with E-state index in [0.29, 0.717) is 31.3 Å². The minimum absolute atomic E-state index is 0. The van der Waals surface area contributed by atoms with Crippen LogP contribution in [-0.4, -0.2) is 37.2 Å². The molecule has 1 aliphatic rings. The van der Waals surface area contributed by atoms with E-state index in [1.165, 1.54) is 0 Å². The fourth-order valence-corrected chi connectivity index (χ4v) is 2.69. The Morgan fingerprint density at radius 1 is 1.12 bits per heavy atom. The van der Waals surface area contributed by atoms with Gasteiger partial charge >= 0.3 is 0 Å². The summed E-state index contributed by atoms with van der Waals surface area (Å²) in [6, 6.07) is 17.9. The van der Waals surface area contributed by atoms with Crippen LogP contribution in [0.1, 0.15) is 11.1 Å². The van der Waals surface area contributed by atoms with Gasteiger partial charge in [-0.15, -0.1) is 24.0 Å². The summed E-state index contributed by atoms with van der Waals surface area (Å²) < 4.78 is 5.31. The summed E-state index contributed by atoms with van der Waals surface area (Å²) in [5.74, 6) is 0.567. The summed E-state index contributed by atoms with van der Waals surface area (Å²) >= 11 is 0. The summed E-state index contributed by atoms with van der Waals surface area (Å²) in [4.78, 5) is 6.51. The Morgan fingerprint density at radius 2 is 1.80 bits per heavy atom. The van der Waals surface area contributed by atoms with E-state index in [1.807, 2.05) is 53.4 Å². The highest BCUT2D eigenvalue weighted by molar-refractivity contribution is 14.0. The number of halogens is 1. The number of morpholine rings is 1. The average Bonchev–Trinajstić information content (AvgIpc) is 2.67. The third-order valence-electron chi connectivity index (χ3n) is 4.07. The summed E-state index contributed by atoms with van der Waals surface area (Å²) in [6.45, 7) is 3.52. The highest BCUT2D eigenvalue weighted by Crippen LogP contribution is 2.23. The van der Waals surface area contributed by atoms with E-state index in [9.17, 15) is 5.26 Å². The molecule has 3 rings (SSSR count). The number of nitriles is 1. The van der Waals surface area contributed by atoms with Crippen LogP contribution in [0.4, 0.5) is 0 Å². The Labute approximate surface area is 165 Å². The first-order chi connectivity index (χ1) is 11.8. The van der Waals surface area contributed by atoms with Crippen molar-refractivity contribution in [1.29, 1.82) is 5.26 Å². The first kappa shape index (κ1) is 19.2. The molecular formula is C19H21IN4O. The van der Waals surface area contributed by atoms with Crippen LogP contribution in [0.15, 0.2) is 53.5 Å².